The van der Waals surface area contributed by atoms with Gasteiger partial charge in [0.25, 0.3) is 0 Å². The van der Waals surface area contributed by atoms with E-state index in [1.54, 1.807) is 0 Å². The van der Waals surface area contributed by atoms with Crippen LogP contribution in [0.1, 0.15) is 113 Å². The van der Waals surface area contributed by atoms with E-state index in [2.05, 4.69) is 0 Å². The van der Waals surface area contributed by atoms with Gasteiger partial charge < -0.3 is 19.7 Å². The van der Waals surface area contributed by atoms with Crippen LogP contribution in [0.3, 0.4) is 0 Å². The summed E-state index contributed by atoms with van der Waals surface area (Å²) < 4.78 is 11.5. The Morgan fingerprint density at radius 3 is 1.22 bits per heavy atom. The Kier molecular flexibility index (Phi) is 10.7. The van der Waals surface area contributed by atoms with Crippen molar-refractivity contribution in [3.8, 4) is 11.5 Å². The molecule has 0 radical (unpaired) electrons. The molecular formula is C35H52O6. The number of hydrogen-bond donors (Lipinski definition) is 2. The first-order chi connectivity index (χ1) is 18.8. The summed E-state index contributed by atoms with van der Waals surface area (Å²) in [5.41, 5.74) is 3.76. The number of carbonyl (C=O) groups is 2. The zero-order valence-electron chi connectivity index (χ0n) is 27.4. The molecule has 0 aliphatic rings. The summed E-state index contributed by atoms with van der Waals surface area (Å²) in [7, 11) is 0. The predicted molar refractivity (Wildman–Crippen MR) is 165 cm³/mol. The molecule has 228 valence electrons. The van der Waals surface area contributed by atoms with Crippen LogP contribution in [0.5, 0.6) is 11.5 Å². The number of benzene rings is 2. The van der Waals surface area contributed by atoms with Crippen molar-refractivity contribution in [1.82, 2.24) is 0 Å². The highest BCUT2D eigenvalue weighted by atomic mass is 16.6. The van der Waals surface area contributed by atoms with E-state index in [-0.39, 0.29) is 48.4 Å². The maximum Gasteiger partial charge on any atom is 0.324 e. The lowest BCUT2D eigenvalue weighted by molar-refractivity contribution is -0.172. The van der Waals surface area contributed by atoms with E-state index in [9.17, 15) is 19.8 Å². The standard InChI is InChI=1S/C35H52O6/c1-13-15-40-31(38)35(32(39)41-16-14-2,19-25-17-27(33(7,8)9)29(36)23(5)21(25)3)20-26-18-28(34(10,11)12)30(37)24(6)22(26)4/h17-18,36-37H,13-16,19-20H2,1-12H3. The van der Waals surface area contributed by atoms with Crippen LogP contribution in [-0.4, -0.2) is 35.4 Å². The highest BCUT2D eigenvalue weighted by molar-refractivity contribution is 6.01. The first kappa shape index (κ1) is 34.2. The van der Waals surface area contributed by atoms with Crippen LogP contribution < -0.4 is 0 Å². The zero-order valence-corrected chi connectivity index (χ0v) is 27.4. The van der Waals surface area contributed by atoms with E-state index in [1.165, 1.54) is 0 Å². The molecule has 0 aromatic heterocycles. The Balaban J connectivity index is 2.94. The van der Waals surface area contributed by atoms with Crippen molar-refractivity contribution in [2.75, 3.05) is 13.2 Å². The van der Waals surface area contributed by atoms with E-state index < -0.39 is 17.4 Å². The third kappa shape index (κ3) is 7.25. The molecule has 2 rings (SSSR count). The number of carbonyl (C=O) groups excluding carboxylic acids is 2. The summed E-state index contributed by atoms with van der Waals surface area (Å²) in [6.07, 6.45) is 1.34. The molecule has 6 heteroatoms. The monoisotopic (exact) mass is 568 g/mol. The van der Waals surface area contributed by atoms with E-state index in [0.717, 1.165) is 44.5 Å². The molecule has 0 aliphatic heterocycles. The third-order valence-electron chi connectivity index (χ3n) is 8.20. The van der Waals surface area contributed by atoms with Crippen molar-refractivity contribution < 1.29 is 29.3 Å². The lowest BCUT2D eigenvalue weighted by Crippen LogP contribution is -2.46. The fourth-order valence-corrected chi connectivity index (χ4v) is 5.20. The highest BCUT2D eigenvalue weighted by Gasteiger charge is 2.50. The van der Waals surface area contributed by atoms with Gasteiger partial charge in [-0.15, -0.1) is 0 Å². The smallest absolute Gasteiger partial charge is 0.324 e. The van der Waals surface area contributed by atoms with Gasteiger partial charge in [-0.1, -0.05) is 67.5 Å². The molecule has 0 aliphatic carbocycles. The number of rotatable bonds is 10. The van der Waals surface area contributed by atoms with Gasteiger partial charge in [0.05, 0.1) is 13.2 Å². The van der Waals surface area contributed by atoms with E-state index >= 15 is 0 Å². The summed E-state index contributed by atoms with van der Waals surface area (Å²) in [6, 6.07) is 3.84. The second-order valence-corrected chi connectivity index (χ2v) is 13.6. The van der Waals surface area contributed by atoms with Crippen molar-refractivity contribution in [3.05, 3.63) is 56.6 Å². The Bertz CT molecular complexity index is 1170. The van der Waals surface area contributed by atoms with Crippen LogP contribution >= 0.6 is 0 Å². The van der Waals surface area contributed by atoms with Crippen LogP contribution in [-0.2, 0) is 42.7 Å². The molecule has 0 bridgehead atoms. The van der Waals surface area contributed by atoms with E-state index in [1.807, 2.05) is 95.2 Å². The molecule has 6 nitrogen and oxygen atoms in total. The lowest BCUT2D eigenvalue weighted by atomic mass is 9.72. The molecule has 0 atom stereocenters. The van der Waals surface area contributed by atoms with Gasteiger partial charge in [-0.2, -0.15) is 0 Å². The second-order valence-electron chi connectivity index (χ2n) is 13.6. The maximum atomic E-state index is 14.1. The maximum absolute atomic E-state index is 14.1. The topological polar surface area (TPSA) is 93.1 Å². The Hall–Kier alpha value is -3.02. The number of esters is 2. The molecule has 0 spiro atoms. The van der Waals surface area contributed by atoms with Crippen molar-refractivity contribution in [2.45, 2.75) is 120 Å². The number of ether oxygens (including phenoxy) is 2. The summed E-state index contributed by atoms with van der Waals surface area (Å²) >= 11 is 0. The first-order valence-electron chi connectivity index (χ1n) is 14.8. The molecule has 0 unspecified atom stereocenters. The number of aromatic hydroxyl groups is 2. The average Bonchev–Trinajstić information content (AvgIpc) is 2.88. The molecular weight excluding hydrogens is 516 g/mol. The number of hydrogen-bond acceptors (Lipinski definition) is 6. The van der Waals surface area contributed by atoms with Crippen LogP contribution in [0.15, 0.2) is 12.1 Å². The molecule has 0 fully saturated rings. The number of phenols is 2. The van der Waals surface area contributed by atoms with Gasteiger partial charge in [-0.05, 0) is 109 Å². The first-order valence-corrected chi connectivity index (χ1v) is 14.8. The summed E-state index contributed by atoms with van der Waals surface area (Å²) in [6.45, 7) is 23.9. The molecule has 2 N–H and O–H groups in total. The summed E-state index contributed by atoms with van der Waals surface area (Å²) in [5, 5.41) is 22.0. The normalized spacial score (nSPS) is 12.4. The lowest BCUT2D eigenvalue weighted by Gasteiger charge is -2.33. The minimum Gasteiger partial charge on any atom is -0.507 e. The van der Waals surface area contributed by atoms with Crippen LogP contribution in [0.2, 0.25) is 0 Å². The Labute approximate surface area is 247 Å². The van der Waals surface area contributed by atoms with Crippen molar-refractivity contribution >= 4 is 11.9 Å². The average molecular weight is 569 g/mol. The van der Waals surface area contributed by atoms with Gasteiger partial charge >= 0.3 is 11.9 Å². The fourth-order valence-electron chi connectivity index (χ4n) is 5.20. The third-order valence-corrected chi connectivity index (χ3v) is 8.20. The van der Waals surface area contributed by atoms with Gasteiger partial charge in [-0.3, -0.25) is 9.59 Å². The van der Waals surface area contributed by atoms with Crippen LogP contribution in [0.4, 0.5) is 0 Å². The van der Waals surface area contributed by atoms with Gasteiger partial charge in [0.15, 0.2) is 5.41 Å². The van der Waals surface area contributed by atoms with Gasteiger partial charge in [0.1, 0.15) is 11.5 Å². The zero-order chi connectivity index (χ0) is 31.5. The van der Waals surface area contributed by atoms with Gasteiger partial charge in [-0.25, -0.2) is 0 Å². The predicted octanol–water partition coefficient (Wildman–Crippen LogP) is 7.60. The molecule has 2 aromatic rings. The van der Waals surface area contributed by atoms with Crippen molar-refractivity contribution in [2.24, 2.45) is 5.41 Å². The minimum atomic E-state index is -1.67. The van der Waals surface area contributed by atoms with Crippen LogP contribution in [0.25, 0.3) is 0 Å². The molecule has 0 heterocycles. The van der Waals surface area contributed by atoms with Crippen LogP contribution in [0, 0.1) is 33.1 Å². The van der Waals surface area contributed by atoms with Gasteiger partial charge in [0, 0.05) is 0 Å². The van der Waals surface area contributed by atoms with E-state index in [0.29, 0.717) is 12.8 Å². The molecule has 0 saturated heterocycles. The molecule has 41 heavy (non-hydrogen) atoms. The summed E-state index contributed by atoms with van der Waals surface area (Å²) in [5.74, 6) is -0.784. The molecule has 0 amide bonds. The highest BCUT2D eigenvalue weighted by Crippen LogP contribution is 2.42. The Morgan fingerprint density at radius 1 is 0.634 bits per heavy atom. The SMILES string of the molecule is CCCOC(=O)C(Cc1cc(C(C)(C)C)c(O)c(C)c1C)(Cc1cc(C(C)(C)C)c(O)c(C)c1C)C(=O)OCCC. The fraction of sp³-hybridized carbons (Fsp3) is 0.600. The largest absolute Gasteiger partial charge is 0.507 e. The minimum absolute atomic E-state index is 0.0539. The number of phenolic OH excluding ortho intramolecular Hbond substituents is 2. The second kappa shape index (κ2) is 12.9. The molecule has 0 saturated carbocycles. The van der Waals surface area contributed by atoms with Gasteiger partial charge in [0.2, 0.25) is 0 Å². The van der Waals surface area contributed by atoms with E-state index in [4.69, 9.17) is 9.47 Å². The quantitative estimate of drug-likeness (QED) is 0.226. The Morgan fingerprint density at radius 2 is 0.951 bits per heavy atom. The molecule has 2 aromatic carbocycles. The van der Waals surface area contributed by atoms with Crippen molar-refractivity contribution in [1.29, 1.82) is 0 Å². The van der Waals surface area contributed by atoms with Crippen molar-refractivity contribution in [3.63, 3.8) is 0 Å². The summed E-state index contributed by atoms with van der Waals surface area (Å²) in [4.78, 5) is 28.2.